The van der Waals surface area contributed by atoms with Crippen LogP contribution in [0.25, 0.3) is 0 Å². The number of halogens is 1. The number of carbonyl (C=O) groups excluding carboxylic acids is 2. The van der Waals surface area contributed by atoms with Crippen molar-refractivity contribution in [2.45, 2.75) is 37.9 Å². The molecule has 0 spiro atoms. The Morgan fingerprint density at radius 1 is 1.16 bits per heavy atom. The van der Waals surface area contributed by atoms with Crippen molar-refractivity contribution in [3.05, 3.63) is 75.3 Å². The van der Waals surface area contributed by atoms with Gasteiger partial charge in [-0.1, -0.05) is 53.7 Å². The molecule has 0 unspecified atom stereocenters. The van der Waals surface area contributed by atoms with Crippen molar-refractivity contribution in [3.8, 4) is 6.07 Å². The fourth-order valence-corrected chi connectivity index (χ4v) is 5.53. The number of nitriles is 1. The summed E-state index contributed by atoms with van der Waals surface area (Å²) < 4.78 is 0. The van der Waals surface area contributed by atoms with E-state index in [2.05, 4.69) is 6.07 Å². The molecule has 2 heterocycles. The maximum absolute atomic E-state index is 13.5. The lowest BCUT2D eigenvalue weighted by atomic mass is 10.1. The van der Waals surface area contributed by atoms with E-state index >= 15 is 0 Å². The standard InChI is InChI=1S/C25H24ClN3O2S/c1-17-10-11-18(14-21(17)26)15-22-24(31)29(19-8-4-2-5-9-19)25(32-22)20(16-27)23(30)28-12-6-3-7-13-28/h2,4-5,8-11,14,22H,3,6-7,12-13,15H2,1H3/b25-20-/t22-/m0/s1. The zero-order valence-corrected chi connectivity index (χ0v) is 19.5. The molecule has 2 aromatic rings. The minimum Gasteiger partial charge on any atom is -0.338 e. The molecule has 2 fully saturated rings. The van der Waals surface area contributed by atoms with E-state index in [1.807, 2.05) is 55.5 Å². The third kappa shape index (κ3) is 4.55. The van der Waals surface area contributed by atoms with Crippen LogP contribution in [-0.4, -0.2) is 35.1 Å². The second-order valence-corrected chi connectivity index (χ2v) is 9.65. The number of hydrogen-bond acceptors (Lipinski definition) is 4. The summed E-state index contributed by atoms with van der Waals surface area (Å²) in [5, 5.41) is 10.6. The van der Waals surface area contributed by atoms with Crippen molar-refractivity contribution < 1.29 is 9.59 Å². The van der Waals surface area contributed by atoms with Crippen molar-refractivity contribution in [2.24, 2.45) is 0 Å². The fourth-order valence-electron chi connectivity index (χ4n) is 4.02. The number of benzene rings is 2. The van der Waals surface area contributed by atoms with E-state index < -0.39 is 5.25 Å². The Balaban J connectivity index is 1.71. The summed E-state index contributed by atoms with van der Waals surface area (Å²) in [6.07, 6.45) is 3.43. The molecule has 2 aliphatic heterocycles. The molecule has 0 saturated carbocycles. The summed E-state index contributed by atoms with van der Waals surface area (Å²) in [5.41, 5.74) is 2.62. The van der Waals surface area contributed by atoms with Crippen molar-refractivity contribution >= 4 is 40.9 Å². The highest BCUT2D eigenvalue weighted by molar-refractivity contribution is 8.05. The predicted octanol–water partition coefficient (Wildman–Crippen LogP) is 5.09. The first kappa shape index (κ1) is 22.4. The van der Waals surface area contributed by atoms with Crippen LogP contribution in [0.2, 0.25) is 5.02 Å². The molecule has 2 aromatic carbocycles. The number of thioether (sulfide) groups is 1. The van der Waals surface area contributed by atoms with Crippen molar-refractivity contribution in [3.63, 3.8) is 0 Å². The maximum atomic E-state index is 13.5. The van der Waals surface area contributed by atoms with Crippen molar-refractivity contribution in [2.75, 3.05) is 18.0 Å². The van der Waals surface area contributed by atoms with Gasteiger partial charge in [0.05, 0.1) is 5.25 Å². The number of piperidine rings is 1. The molecule has 4 rings (SSSR count). The van der Waals surface area contributed by atoms with E-state index in [0.717, 1.165) is 30.4 Å². The molecule has 32 heavy (non-hydrogen) atoms. The molecule has 0 aromatic heterocycles. The summed E-state index contributed by atoms with van der Waals surface area (Å²) in [7, 11) is 0. The number of hydrogen-bond donors (Lipinski definition) is 0. The number of rotatable bonds is 4. The molecule has 5 nitrogen and oxygen atoms in total. The lowest BCUT2D eigenvalue weighted by Crippen LogP contribution is -2.37. The zero-order chi connectivity index (χ0) is 22.7. The number of nitrogens with zero attached hydrogens (tertiary/aromatic N) is 3. The third-order valence-corrected chi connectivity index (χ3v) is 7.48. The highest BCUT2D eigenvalue weighted by Crippen LogP contribution is 2.42. The lowest BCUT2D eigenvalue weighted by Gasteiger charge is -2.27. The van der Waals surface area contributed by atoms with Crippen LogP contribution >= 0.6 is 23.4 Å². The van der Waals surface area contributed by atoms with E-state index in [-0.39, 0.29) is 17.4 Å². The van der Waals surface area contributed by atoms with Crippen LogP contribution < -0.4 is 4.90 Å². The van der Waals surface area contributed by atoms with Gasteiger partial charge >= 0.3 is 0 Å². The van der Waals surface area contributed by atoms with Crippen molar-refractivity contribution in [1.82, 2.24) is 4.90 Å². The van der Waals surface area contributed by atoms with Crippen molar-refractivity contribution in [1.29, 1.82) is 5.26 Å². The third-order valence-electron chi connectivity index (χ3n) is 5.81. The molecule has 0 bridgehead atoms. The summed E-state index contributed by atoms with van der Waals surface area (Å²) in [6.45, 7) is 3.23. The number of anilines is 1. The van der Waals surface area contributed by atoms with E-state index in [4.69, 9.17) is 11.6 Å². The summed E-state index contributed by atoms with van der Waals surface area (Å²) >= 11 is 7.58. The highest BCUT2D eigenvalue weighted by Gasteiger charge is 2.41. The number of amides is 2. The van der Waals surface area contributed by atoms with Gasteiger partial charge in [0.2, 0.25) is 5.91 Å². The highest BCUT2D eigenvalue weighted by atomic mass is 35.5. The first-order valence-electron chi connectivity index (χ1n) is 10.7. The van der Waals surface area contributed by atoms with Crippen LogP contribution in [0.1, 0.15) is 30.4 Å². The summed E-state index contributed by atoms with van der Waals surface area (Å²) in [4.78, 5) is 30.0. The van der Waals surface area contributed by atoms with Crippen LogP contribution in [-0.2, 0) is 16.0 Å². The monoisotopic (exact) mass is 465 g/mol. The lowest BCUT2D eigenvalue weighted by molar-refractivity contribution is -0.127. The molecule has 0 radical (unpaired) electrons. The normalized spacial score (nSPS) is 20.3. The van der Waals surface area contributed by atoms with Gasteiger partial charge in [0.25, 0.3) is 5.91 Å². The van der Waals surface area contributed by atoms with Crippen LogP contribution in [0, 0.1) is 18.3 Å². The largest absolute Gasteiger partial charge is 0.338 e. The molecule has 1 atom stereocenters. The molecule has 7 heteroatoms. The first-order valence-corrected chi connectivity index (χ1v) is 12.0. The first-order chi connectivity index (χ1) is 15.5. The van der Waals surface area contributed by atoms with Gasteiger partial charge in [-0.25, -0.2) is 0 Å². The van der Waals surface area contributed by atoms with Crippen LogP contribution in [0.15, 0.2) is 59.1 Å². The summed E-state index contributed by atoms with van der Waals surface area (Å²) in [6, 6.07) is 17.1. The van der Waals surface area contributed by atoms with Crippen LogP contribution in [0.3, 0.4) is 0 Å². The Labute approximate surface area is 197 Å². The molecular weight excluding hydrogens is 442 g/mol. The van der Waals surface area contributed by atoms with Gasteiger partial charge in [-0.05, 0) is 61.9 Å². The van der Waals surface area contributed by atoms with Crippen LogP contribution in [0.4, 0.5) is 5.69 Å². The number of para-hydroxylation sites is 1. The van der Waals surface area contributed by atoms with Crippen LogP contribution in [0.5, 0.6) is 0 Å². The van der Waals surface area contributed by atoms with Gasteiger partial charge < -0.3 is 4.90 Å². The number of carbonyl (C=O) groups is 2. The smallest absolute Gasteiger partial charge is 0.267 e. The number of likely N-dealkylation sites (tertiary alicyclic amines) is 1. The predicted molar refractivity (Wildman–Crippen MR) is 128 cm³/mol. The zero-order valence-electron chi connectivity index (χ0n) is 17.9. The van der Waals surface area contributed by atoms with Gasteiger partial charge in [0, 0.05) is 23.8 Å². The van der Waals surface area contributed by atoms with E-state index in [9.17, 15) is 14.9 Å². The Hall–Kier alpha value is -2.75. The Morgan fingerprint density at radius 2 is 1.88 bits per heavy atom. The maximum Gasteiger partial charge on any atom is 0.267 e. The average Bonchev–Trinajstić information content (AvgIpc) is 3.13. The summed E-state index contributed by atoms with van der Waals surface area (Å²) in [5.74, 6) is -0.422. The second kappa shape index (κ2) is 9.81. The van der Waals surface area contributed by atoms with E-state index in [0.29, 0.717) is 35.2 Å². The minimum absolute atomic E-state index is 0.0403. The minimum atomic E-state index is -0.443. The Bertz CT molecular complexity index is 1100. The topological polar surface area (TPSA) is 64.4 Å². The molecule has 2 amide bonds. The molecule has 164 valence electrons. The molecular formula is C25H24ClN3O2S. The Kier molecular flexibility index (Phi) is 6.88. The number of aryl methyl sites for hydroxylation is 1. The van der Waals surface area contributed by atoms with Gasteiger partial charge in [0.15, 0.2) is 0 Å². The van der Waals surface area contributed by atoms with E-state index in [1.165, 1.54) is 16.7 Å². The molecule has 2 aliphatic rings. The van der Waals surface area contributed by atoms with Gasteiger partial charge in [-0.3, -0.25) is 14.5 Å². The fraction of sp³-hybridized carbons (Fsp3) is 0.320. The molecule has 0 N–H and O–H groups in total. The quantitative estimate of drug-likeness (QED) is 0.466. The molecule has 2 saturated heterocycles. The van der Waals surface area contributed by atoms with Gasteiger partial charge in [-0.15, -0.1) is 0 Å². The molecule has 0 aliphatic carbocycles. The van der Waals surface area contributed by atoms with E-state index in [1.54, 1.807) is 4.90 Å². The average molecular weight is 466 g/mol. The second-order valence-electron chi connectivity index (χ2n) is 8.05. The SMILES string of the molecule is Cc1ccc(C[C@@H]2S/C(=C(/C#N)C(=O)N3CCCCC3)N(c3ccccc3)C2=O)cc1Cl. The Morgan fingerprint density at radius 3 is 2.53 bits per heavy atom. The van der Waals surface area contributed by atoms with Gasteiger partial charge in [-0.2, -0.15) is 5.26 Å². The van der Waals surface area contributed by atoms with Gasteiger partial charge in [0.1, 0.15) is 16.7 Å².